The molecule has 1 aromatic heterocycles. The Morgan fingerprint density at radius 3 is 2.73 bits per heavy atom. The van der Waals surface area contributed by atoms with Gasteiger partial charge in [-0.3, -0.25) is 9.59 Å². The maximum absolute atomic E-state index is 12.9. The van der Waals surface area contributed by atoms with E-state index in [0.29, 0.717) is 48.3 Å². The van der Waals surface area contributed by atoms with Crippen LogP contribution in [0, 0.1) is 17.8 Å². The van der Waals surface area contributed by atoms with Gasteiger partial charge in [0.25, 0.3) is 0 Å². The number of carbonyl (C=O) groups is 2. The number of aromatic nitrogens is 1. The molecule has 0 bridgehead atoms. The van der Waals surface area contributed by atoms with Crippen molar-refractivity contribution >= 4 is 23.2 Å². The third kappa shape index (κ3) is 4.65. The minimum atomic E-state index is -0.450. The molecule has 5 rings (SSSR count). The lowest BCUT2D eigenvalue weighted by Crippen LogP contribution is -2.28. The summed E-state index contributed by atoms with van der Waals surface area (Å²) in [6, 6.07) is 18.3. The molecule has 1 saturated heterocycles. The van der Waals surface area contributed by atoms with Crippen LogP contribution >= 0.6 is 0 Å². The van der Waals surface area contributed by atoms with Crippen molar-refractivity contribution in [2.45, 2.75) is 6.42 Å². The Morgan fingerprint density at radius 2 is 1.88 bits per heavy atom. The number of carbonyl (C=O) groups excluding carboxylic acids is 2. The van der Waals surface area contributed by atoms with Gasteiger partial charge in [-0.2, -0.15) is 0 Å². The average molecular weight is 439 g/mol. The average Bonchev–Trinajstić information content (AvgIpc) is 3.25. The number of rotatable bonds is 3. The van der Waals surface area contributed by atoms with E-state index in [2.05, 4.69) is 22.1 Å². The van der Waals surface area contributed by atoms with Gasteiger partial charge in [-0.25, -0.2) is 4.98 Å². The zero-order valence-corrected chi connectivity index (χ0v) is 17.8. The summed E-state index contributed by atoms with van der Waals surface area (Å²) in [7, 11) is 0. The van der Waals surface area contributed by atoms with E-state index in [9.17, 15) is 9.59 Å². The highest BCUT2D eigenvalue weighted by atomic mass is 16.6. The number of pyridine rings is 1. The van der Waals surface area contributed by atoms with E-state index in [1.807, 2.05) is 42.5 Å². The highest BCUT2D eigenvalue weighted by Crippen LogP contribution is 2.36. The number of amides is 2. The van der Waals surface area contributed by atoms with Crippen LogP contribution in [-0.4, -0.2) is 36.6 Å². The monoisotopic (exact) mass is 439 g/mol. The van der Waals surface area contributed by atoms with Crippen LogP contribution in [0.3, 0.4) is 0 Å². The lowest BCUT2D eigenvalue weighted by molar-refractivity contribution is -0.122. The van der Waals surface area contributed by atoms with Crippen molar-refractivity contribution in [1.29, 1.82) is 0 Å². The molecular weight excluding hydrogens is 418 g/mol. The van der Waals surface area contributed by atoms with Crippen LogP contribution in [0.5, 0.6) is 11.5 Å². The Bertz CT molecular complexity index is 1260. The van der Waals surface area contributed by atoms with E-state index < -0.39 is 5.92 Å². The van der Waals surface area contributed by atoms with Gasteiger partial charge < -0.3 is 19.7 Å². The number of hydrogen-bond acceptors (Lipinski definition) is 5. The number of ether oxygens (including phenoxy) is 2. The largest absolute Gasteiger partial charge is 0.486 e. The summed E-state index contributed by atoms with van der Waals surface area (Å²) in [5.74, 6) is 6.60. The Morgan fingerprint density at radius 1 is 1.00 bits per heavy atom. The molecule has 2 aliphatic rings. The number of nitrogens with one attached hydrogen (secondary N) is 1. The Labute approximate surface area is 191 Å². The fraction of sp³-hybridized carbons (Fsp3) is 0.192. The summed E-state index contributed by atoms with van der Waals surface area (Å²) in [6.07, 6.45) is 1.84. The fourth-order valence-corrected chi connectivity index (χ4v) is 3.82. The first-order chi connectivity index (χ1) is 16.2. The first-order valence-corrected chi connectivity index (χ1v) is 10.7. The second-order valence-corrected chi connectivity index (χ2v) is 7.77. The van der Waals surface area contributed by atoms with Crippen LogP contribution in [0.2, 0.25) is 0 Å². The van der Waals surface area contributed by atoms with Gasteiger partial charge in [-0.1, -0.05) is 18.1 Å². The smallest absolute Gasteiger partial charge is 0.229 e. The quantitative estimate of drug-likeness (QED) is 0.634. The van der Waals surface area contributed by atoms with Gasteiger partial charge in [0.05, 0.1) is 5.92 Å². The van der Waals surface area contributed by atoms with Crippen molar-refractivity contribution in [1.82, 2.24) is 4.98 Å². The van der Waals surface area contributed by atoms with Gasteiger partial charge in [-0.15, -0.1) is 0 Å². The standard InChI is InChI=1S/C26H21N3O4/c30-25-15-19(17-29(25)22-9-10-23-24(16-22)33-13-12-32-23)26(31)28-21-6-3-4-18(14-21)7-8-20-5-1-2-11-27-20/h1-6,9-11,14,16,19H,12-13,15,17H2,(H,28,31). The summed E-state index contributed by atoms with van der Waals surface area (Å²) >= 11 is 0. The van der Waals surface area contributed by atoms with E-state index in [0.717, 1.165) is 5.56 Å². The third-order valence-corrected chi connectivity index (χ3v) is 5.46. The van der Waals surface area contributed by atoms with Gasteiger partial charge in [0.15, 0.2) is 11.5 Å². The highest BCUT2D eigenvalue weighted by molar-refractivity contribution is 6.03. The molecule has 3 aromatic rings. The molecule has 0 aliphatic carbocycles. The number of nitrogens with zero attached hydrogens (tertiary/aromatic N) is 2. The predicted molar refractivity (Wildman–Crippen MR) is 123 cm³/mol. The Hall–Kier alpha value is -4.31. The lowest BCUT2D eigenvalue weighted by atomic mass is 10.1. The van der Waals surface area contributed by atoms with E-state index in [4.69, 9.17) is 9.47 Å². The predicted octanol–water partition coefficient (Wildman–Crippen LogP) is 3.24. The normalized spacial score (nSPS) is 16.7. The van der Waals surface area contributed by atoms with Crippen LogP contribution < -0.4 is 19.7 Å². The molecule has 3 heterocycles. The van der Waals surface area contributed by atoms with Gasteiger partial charge >= 0.3 is 0 Å². The molecule has 33 heavy (non-hydrogen) atoms. The minimum absolute atomic E-state index is 0.0955. The van der Waals surface area contributed by atoms with Crippen molar-refractivity contribution in [3.63, 3.8) is 0 Å². The van der Waals surface area contributed by atoms with Crippen LogP contribution in [0.1, 0.15) is 17.7 Å². The van der Waals surface area contributed by atoms with E-state index in [1.165, 1.54) is 0 Å². The van der Waals surface area contributed by atoms with Crippen LogP contribution in [0.4, 0.5) is 11.4 Å². The van der Waals surface area contributed by atoms with Gasteiger partial charge in [-0.05, 0) is 48.4 Å². The highest BCUT2D eigenvalue weighted by Gasteiger charge is 2.35. The molecular formula is C26H21N3O4. The van der Waals surface area contributed by atoms with Crippen molar-refractivity contribution in [3.8, 4) is 23.3 Å². The molecule has 7 heteroatoms. The first kappa shape index (κ1) is 20.6. The second-order valence-electron chi connectivity index (χ2n) is 7.77. The summed E-state index contributed by atoms with van der Waals surface area (Å²) in [5.41, 5.74) is 2.78. The molecule has 0 radical (unpaired) electrons. The van der Waals surface area contributed by atoms with Crippen LogP contribution in [0.25, 0.3) is 0 Å². The van der Waals surface area contributed by atoms with Gasteiger partial charge in [0.2, 0.25) is 11.8 Å². The molecule has 0 saturated carbocycles. The first-order valence-electron chi connectivity index (χ1n) is 10.7. The minimum Gasteiger partial charge on any atom is -0.486 e. The molecule has 164 valence electrons. The van der Waals surface area contributed by atoms with Gasteiger partial charge in [0.1, 0.15) is 18.9 Å². The Balaban J connectivity index is 1.25. The zero-order chi connectivity index (χ0) is 22.6. The SMILES string of the molecule is O=C(Nc1cccc(C#Cc2ccccn2)c1)C1CC(=O)N(c2ccc3c(c2)OCCO3)C1. The van der Waals surface area contributed by atoms with Crippen molar-refractivity contribution < 1.29 is 19.1 Å². The third-order valence-electron chi connectivity index (χ3n) is 5.46. The summed E-state index contributed by atoms with van der Waals surface area (Å²) in [5, 5.41) is 2.92. The summed E-state index contributed by atoms with van der Waals surface area (Å²) < 4.78 is 11.2. The zero-order valence-electron chi connectivity index (χ0n) is 17.8. The second kappa shape index (κ2) is 9.05. The van der Waals surface area contributed by atoms with E-state index in [-0.39, 0.29) is 18.2 Å². The maximum atomic E-state index is 12.9. The van der Waals surface area contributed by atoms with Crippen LogP contribution in [0.15, 0.2) is 66.9 Å². The van der Waals surface area contributed by atoms with Crippen LogP contribution in [-0.2, 0) is 9.59 Å². The summed E-state index contributed by atoms with van der Waals surface area (Å²) in [4.78, 5) is 31.3. The van der Waals surface area contributed by atoms with E-state index in [1.54, 1.807) is 29.3 Å². The maximum Gasteiger partial charge on any atom is 0.229 e. The number of anilines is 2. The molecule has 1 atom stereocenters. The molecule has 1 N–H and O–H groups in total. The molecule has 2 aromatic carbocycles. The molecule has 1 fully saturated rings. The molecule has 2 amide bonds. The number of fused-ring (bicyclic) bond motifs is 1. The number of hydrogen-bond donors (Lipinski definition) is 1. The molecule has 0 spiro atoms. The fourth-order valence-electron chi connectivity index (χ4n) is 3.82. The number of benzene rings is 2. The summed E-state index contributed by atoms with van der Waals surface area (Å²) in [6.45, 7) is 1.29. The topological polar surface area (TPSA) is 80.8 Å². The van der Waals surface area contributed by atoms with Gasteiger partial charge in [0, 0.05) is 42.2 Å². The molecule has 7 nitrogen and oxygen atoms in total. The molecule has 1 unspecified atom stereocenters. The Kier molecular flexibility index (Phi) is 5.64. The molecule has 2 aliphatic heterocycles. The lowest BCUT2D eigenvalue weighted by Gasteiger charge is -2.22. The van der Waals surface area contributed by atoms with Crippen molar-refractivity contribution in [3.05, 3.63) is 78.1 Å². The van der Waals surface area contributed by atoms with Crippen molar-refractivity contribution in [2.24, 2.45) is 5.92 Å². The van der Waals surface area contributed by atoms with E-state index >= 15 is 0 Å². The van der Waals surface area contributed by atoms with Crippen molar-refractivity contribution in [2.75, 3.05) is 30.0 Å².